The number of sulfonamides is 1. The van der Waals surface area contributed by atoms with Gasteiger partial charge in [0.2, 0.25) is 0 Å². The first-order valence-electron chi connectivity index (χ1n) is 3.67. The first kappa shape index (κ1) is 10.4. The largest absolute Gasteiger partial charge is 0.260 e. The van der Waals surface area contributed by atoms with Crippen LogP contribution in [0.5, 0.6) is 0 Å². The molecule has 0 atom stereocenters. The molecule has 74 valence electrons. The van der Waals surface area contributed by atoms with Crippen molar-refractivity contribution in [2.45, 2.75) is 13.8 Å². The molecule has 0 saturated carbocycles. The molecule has 0 unspecified atom stereocenters. The van der Waals surface area contributed by atoms with E-state index in [9.17, 15) is 8.42 Å². The van der Waals surface area contributed by atoms with Gasteiger partial charge in [0.15, 0.2) is 0 Å². The van der Waals surface area contributed by atoms with E-state index in [1.807, 2.05) is 26.0 Å². The van der Waals surface area contributed by atoms with Crippen LogP contribution >= 0.6 is 11.6 Å². The number of hydrogen-bond acceptors (Lipinski definition) is 2. The van der Waals surface area contributed by atoms with Crippen molar-refractivity contribution in [1.82, 2.24) is 4.68 Å². The Labute approximate surface area is 82.5 Å². The maximum atomic E-state index is 11.1. The molecular formula is C7H11ClN2O2S. The third-order valence-electron chi connectivity index (χ3n) is 1.65. The van der Waals surface area contributed by atoms with Gasteiger partial charge in [0.1, 0.15) is 5.21 Å². The Morgan fingerprint density at radius 3 is 2.23 bits per heavy atom. The summed E-state index contributed by atoms with van der Waals surface area (Å²) < 4.78 is 23.7. The molecule has 0 radical (unpaired) electrons. The minimum Gasteiger partial charge on any atom is -0.256 e. The van der Waals surface area contributed by atoms with Crippen LogP contribution in [0.3, 0.4) is 0 Å². The van der Waals surface area contributed by atoms with Crippen molar-refractivity contribution in [3.05, 3.63) is 23.5 Å². The second-order valence-electron chi connectivity index (χ2n) is 2.77. The van der Waals surface area contributed by atoms with Crippen molar-refractivity contribution >= 4 is 21.6 Å². The Kier molecular flexibility index (Phi) is 2.87. The molecule has 0 bridgehead atoms. The summed E-state index contributed by atoms with van der Waals surface area (Å²) in [5, 5.41) is -0.440. The number of aryl methyl sites for hydroxylation is 2. The molecular weight excluding hydrogens is 212 g/mol. The molecule has 0 fully saturated rings. The van der Waals surface area contributed by atoms with Gasteiger partial charge in [-0.25, -0.2) is 13.2 Å². The van der Waals surface area contributed by atoms with Crippen LogP contribution in [0.25, 0.3) is 0 Å². The zero-order chi connectivity index (χ0) is 10.1. The number of nitrogens with one attached hydrogen (secondary N) is 1. The second-order valence-corrected chi connectivity index (χ2v) is 5.05. The van der Waals surface area contributed by atoms with Crippen LogP contribution in [0.1, 0.15) is 11.4 Å². The number of nitrogens with zero attached hydrogens (tertiary/aromatic N) is 1. The van der Waals surface area contributed by atoms with Crippen molar-refractivity contribution in [2.24, 2.45) is 0 Å². The monoisotopic (exact) mass is 222 g/mol. The standard InChI is InChI=1S/C7H11ClN2O2S/c1-6-3-4-7(2)10(6)9-13(11,12)5-8/h3-4,9H,5H2,1-2H3. The fourth-order valence-corrected chi connectivity index (χ4v) is 1.74. The molecule has 1 aromatic rings. The van der Waals surface area contributed by atoms with Gasteiger partial charge in [-0.3, -0.25) is 4.68 Å². The number of halogens is 1. The van der Waals surface area contributed by atoms with Crippen LogP contribution in [-0.2, 0) is 10.0 Å². The molecule has 0 aliphatic heterocycles. The van der Waals surface area contributed by atoms with E-state index in [4.69, 9.17) is 11.6 Å². The van der Waals surface area contributed by atoms with Gasteiger partial charge in [0.25, 0.3) is 10.0 Å². The first-order valence-corrected chi connectivity index (χ1v) is 5.86. The van der Waals surface area contributed by atoms with Crippen LogP contribution in [0.4, 0.5) is 0 Å². The quantitative estimate of drug-likeness (QED) is 0.781. The lowest BCUT2D eigenvalue weighted by molar-refractivity contribution is 0.598. The summed E-state index contributed by atoms with van der Waals surface area (Å²) in [6.07, 6.45) is 0. The lowest BCUT2D eigenvalue weighted by Crippen LogP contribution is -2.25. The molecule has 0 spiro atoms. The summed E-state index contributed by atoms with van der Waals surface area (Å²) in [4.78, 5) is 2.34. The number of rotatable bonds is 3. The molecule has 0 aromatic carbocycles. The molecule has 4 nitrogen and oxygen atoms in total. The van der Waals surface area contributed by atoms with E-state index in [1.165, 1.54) is 4.68 Å². The van der Waals surface area contributed by atoms with Gasteiger partial charge in [-0.2, -0.15) is 0 Å². The molecule has 1 rings (SSSR count). The highest BCUT2D eigenvalue weighted by Crippen LogP contribution is 2.05. The highest BCUT2D eigenvalue weighted by molar-refractivity contribution is 7.93. The van der Waals surface area contributed by atoms with Gasteiger partial charge >= 0.3 is 0 Å². The maximum absolute atomic E-state index is 11.1. The van der Waals surface area contributed by atoms with Crippen molar-refractivity contribution in [2.75, 3.05) is 10.0 Å². The van der Waals surface area contributed by atoms with E-state index in [-0.39, 0.29) is 0 Å². The van der Waals surface area contributed by atoms with Crippen LogP contribution in [0.15, 0.2) is 12.1 Å². The lowest BCUT2D eigenvalue weighted by atomic mass is 10.5. The van der Waals surface area contributed by atoms with Gasteiger partial charge in [-0.1, -0.05) is 0 Å². The normalized spacial score (nSPS) is 11.6. The second kappa shape index (κ2) is 3.59. The minimum absolute atomic E-state index is 0.440. The van der Waals surface area contributed by atoms with Gasteiger partial charge in [-0.05, 0) is 26.0 Å². The third-order valence-corrected chi connectivity index (χ3v) is 3.26. The van der Waals surface area contributed by atoms with Crippen LogP contribution in [0, 0.1) is 13.8 Å². The fraction of sp³-hybridized carbons (Fsp3) is 0.429. The highest BCUT2D eigenvalue weighted by atomic mass is 35.5. The van der Waals surface area contributed by atoms with Crippen LogP contribution < -0.4 is 4.83 Å². The summed E-state index contributed by atoms with van der Waals surface area (Å²) in [5.41, 5.74) is 1.65. The van der Waals surface area contributed by atoms with E-state index in [0.29, 0.717) is 0 Å². The van der Waals surface area contributed by atoms with E-state index >= 15 is 0 Å². The Morgan fingerprint density at radius 2 is 1.85 bits per heavy atom. The summed E-state index contributed by atoms with van der Waals surface area (Å²) >= 11 is 5.25. The summed E-state index contributed by atoms with van der Waals surface area (Å²) in [5.74, 6) is 0. The number of alkyl halides is 1. The zero-order valence-corrected chi connectivity index (χ0v) is 8.98. The van der Waals surface area contributed by atoms with Crippen molar-refractivity contribution in [3.63, 3.8) is 0 Å². The van der Waals surface area contributed by atoms with Gasteiger partial charge in [0, 0.05) is 11.4 Å². The molecule has 0 aliphatic rings. The molecule has 0 aliphatic carbocycles. The topological polar surface area (TPSA) is 51.1 Å². The molecule has 0 saturated heterocycles. The van der Waals surface area contributed by atoms with Gasteiger partial charge in [-0.15, -0.1) is 11.6 Å². The Balaban J connectivity index is 2.99. The summed E-state index contributed by atoms with van der Waals surface area (Å²) in [7, 11) is -3.41. The number of hydrogen-bond donors (Lipinski definition) is 1. The predicted octanol–water partition coefficient (Wildman–Crippen LogP) is 1.17. The van der Waals surface area contributed by atoms with Crippen LogP contribution in [0.2, 0.25) is 0 Å². The van der Waals surface area contributed by atoms with Gasteiger partial charge < -0.3 is 0 Å². The average molecular weight is 223 g/mol. The minimum atomic E-state index is -3.41. The average Bonchev–Trinajstić information content (AvgIpc) is 2.36. The number of aromatic nitrogens is 1. The molecule has 13 heavy (non-hydrogen) atoms. The molecule has 1 aromatic heterocycles. The summed E-state index contributed by atoms with van der Waals surface area (Å²) in [6, 6.07) is 3.65. The molecule has 1 N–H and O–H groups in total. The van der Waals surface area contributed by atoms with Crippen molar-refractivity contribution < 1.29 is 8.42 Å². The smallest absolute Gasteiger partial charge is 0.256 e. The predicted molar refractivity (Wildman–Crippen MR) is 52.9 cm³/mol. The summed E-state index contributed by atoms with van der Waals surface area (Å²) in [6.45, 7) is 3.62. The fourth-order valence-electron chi connectivity index (χ4n) is 0.976. The Bertz CT molecular complexity index is 377. The third kappa shape index (κ3) is 2.38. The Hall–Kier alpha value is -0.680. The lowest BCUT2D eigenvalue weighted by Gasteiger charge is -2.10. The van der Waals surface area contributed by atoms with E-state index in [2.05, 4.69) is 4.83 Å². The highest BCUT2D eigenvalue weighted by Gasteiger charge is 2.09. The van der Waals surface area contributed by atoms with Crippen molar-refractivity contribution in [3.8, 4) is 0 Å². The first-order chi connectivity index (χ1) is 5.96. The molecule has 1 heterocycles. The van der Waals surface area contributed by atoms with E-state index < -0.39 is 15.2 Å². The SMILES string of the molecule is Cc1ccc(C)n1NS(=O)(=O)CCl. The van der Waals surface area contributed by atoms with Crippen LogP contribution in [-0.4, -0.2) is 18.3 Å². The van der Waals surface area contributed by atoms with Gasteiger partial charge in [0.05, 0.1) is 0 Å². The molecule has 0 amide bonds. The Morgan fingerprint density at radius 1 is 1.38 bits per heavy atom. The molecule has 6 heteroatoms. The van der Waals surface area contributed by atoms with E-state index in [0.717, 1.165) is 11.4 Å². The van der Waals surface area contributed by atoms with E-state index in [1.54, 1.807) is 0 Å². The van der Waals surface area contributed by atoms with Crippen molar-refractivity contribution in [1.29, 1.82) is 0 Å². The maximum Gasteiger partial charge on any atom is 0.260 e. The zero-order valence-electron chi connectivity index (χ0n) is 7.41.